The summed E-state index contributed by atoms with van der Waals surface area (Å²) in [5, 5.41) is 3.40. The van der Waals surface area contributed by atoms with Gasteiger partial charge in [0, 0.05) is 45.8 Å². The van der Waals surface area contributed by atoms with Crippen molar-refractivity contribution in [1.29, 1.82) is 0 Å². The summed E-state index contributed by atoms with van der Waals surface area (Å²) in [5.74, 6) is -0.601. The molecule has 0 atom stereocenters. The van der Waals surface area contributed by atoms with Crippen LogP contribution in [0.1, 0.15) is 43.9 Å². The smallest absolute Gasteiger partial charge is 0.357 e. The van der Waals surface area contributed by atoms with Gasteiger partial charge >= 0.3 is 11.9 Å². The summed E-state index contributed by atoms with van der Waals surface area (Å²) in [6, 6.07) is 5.44. The van der Waals surface area contributed by atoms with Crippen LogP contribution in [0.3, 0.4) is 0 Å². The first-order chi connectivity index (χ1) is 13.8. The van der Waals surface area contributed by atoms with Gasteiger partial charge in [-0.1, -0.05) is 6.07 Å². The van der Waals surface area contributed by atoms with Gasteiger partial charge in [0.2, 0.25) is 0 Å². The Bertz CT molecular complexity index is 675. The number of nitrogens with zero attached hydrogens (tertiary/aromatic N) is 3. The summed E-state index contributed by atoms with van der Waals surface area (Å²) in [4.78, 5) is 33.0. The number of carbonyl (C=O) groups excluding carboxylic acids is 2. The highest BCUT2D eigenvalue weighted by Crippen LogP contribution is 2.12. The van der Waals surface area contributed by atoms with Crippen molar-refractivity contribution < 1.29 is 19.1 Å². The van der Waals surface area contributed by atoms with Crippen molar-refractivity contribution in [3.8, 4) is 0 Å². The van der Waals surface area contributed by atoms with E-state index >= 15 is 0 Å². The highest BCUT2D eigenvalue weighted by Gasteiger charge is 2.20. The number of aromatic nitrogens is 1. The third-order valence-corrected chi connectivity index (χ3v) is 4.40. The van der Waals surface area contributed by atoms with Gasteiger partial charge in [0.05, 0.1) is 18.8 Å². The molecule has 1 N–H and O–H groups in total. The molecule has 0 spiro atoms. The van der Waals surface area contributed by atoms with Crippen LogP contribution in [0.4, 0.5) is 0 Å². The number of esters is 2. The SMILES string of the molecule is CCOC(=O)CN1CCNCCN(Cc2cccc(C(=O)OC(C)(C)C)n2)CC1. The maximum Gasteiger partial charge on any atom is 0.357 e. The second kappa shape index (κ2) is 11.2. The summed E-state index contributed by atoms with van der Waals surface area (Å²) in [5.41, 5.74) is 0.595. The van der Waals surface area contributed by atoms with Crippen molar-refractivity contribution in [2.24, 2.45) is 0 Å². The molecule has 0 bridgehead atoms. The second-order valence-corrected chi connectivity index (χ2v) is 8.12. The Kier molecular flexibility index (Phi) is 9.00. The van der Waals surface area contributed by atoms with Gasteiger partial charge in [0.25, 0.3) is 0 Å². The molecule has 162 valence electrons. The first-order valence-electron chi connectivity index (χ1n) is 10.3. The summed E-state index contributed by atoms with van der Waals surface area (Å²) in [7, 11) is 0. The third-order valence-electron chi connectivity index (χ3n) is 4.40. The largest absolute Gasteiger partial charge is 0.465 e. The zero-order valence-corrected chi connectivity index (χ0v) is 18.1. The van der Waals surface area contributed by atoms with Crippen LogP contribution in [0.25, 0.3) is 0 Å². The first kappa shape index (κ1) is 23.3. The molecular formula is C21H34N4O4. The predicted molar refractivity (Wildman–Crippen MR) is 111 cm³/mol. The summed E-state index contributed by atoms with van der Waals surface area (Å²) in [6.07, 6.45) is 0. The van der Waals surface area contributed by atoms with Crippen molar-refractivity contribution in [3.63, 3.8) is 0 Å². The molecule has 29 heavy (non-hydrogen) atoms. The van der Waals surface area contributed by atoms with E-state index in [9.17, 15) is 9.59 Å². The van der Waals surface area contributed by atoms with Gasteiger partial charge in [0.1, 0.15) is 11.3 Å². The van der Waals surface area contributed by atoms with Gasteiger partial charge in [0.15, 0.2) is 0 Å². The first-order valence-corrected chi connectivity index (χ1v) is 10.3. The fraction of sp³-hybridized carbons (Fsp3) is 0.667. The number of nitrogens with one attached hydrogen (secondary N) is 1. The molecule has 0 amide bonds. The summed E-state index contributed by atoms with van der Waals surface area (Å²) in [6.45, 7) is 13.6. The van der Waals surface area contributed by atoms with Crippen LogP contribution in [0.2, 0.25) is 0 Å². The van der Waals surface area contributed by atoms with E-state index in [4.69, 9.17) is 9.47 Å². The quantitative estimate of drug-likeness (QED) is 0.708. The Morgan fingerprint density at radius 3 is 2.48 bits per heavy atom. The molecule has 2 heterocycles. The zero-order valence-electron chi connectivity index (χ0n) is 18.1. The second-order valence-electron chi connectivity index (χ2n) is 8.12. The molecule has 1 aliphatic heterocycles. The Balaban J connectivity index is 1.98. The number of rotatable bonds is 6. The molecule has 1 aliphatic rings. The van der Waals surface area contributed by atoms with E-state index in [0.29, 0.717) is 25.4 Å². The molecule has 1 saturated heterocycles. The van der Waals surface area contributed by atoms with Crippen molar-refractivity contribution in [1.82, 2.24) is 20.1 Å². The molecular weight excluding hydrogens is 372 g/mol. The van der Waals surface area contributed by atoms with Crippen LogP contribution in [0.15, 0.2) is 18.2 Å². The van der Waals surface area contributed by atoms with Crippen LogP contribution in [-0.4, -0.2) is 84.7 Å². The molecule has 8 heteroatoms. The summed E-state index contributed by atoms with van der Waals surface area (Å²) < 4.78 is 10.5. The molecule has 0 saturated carbocycles. The van der Waals surface area contributed by atoms with Gasteiger partial charge in [-0.05, 0) is 39.8 Å². The van der Waals surface area contributed by atoms with Crippen LogP contribution >= 0.6 is 0 Å². The average Bonchev–Trinajstić information content (AvgIpc) is 2.74. The minimum atomic E-state index is -0.551. The molecule has 0 aromatic carbocycles. The van der Waals surface area contributed by atoms with E-state index in [1.807, 2.05) is 39.8 Å². The maximum absolute atomic E-state index is 12.3. The Hall–Kier alpha value is -2.03. The van der Waals surface area contributed by atoms with Gasteiger partial charge in [-0.15, -0.1) is 0 Å². The molecule has 8 nitrogen and oxygen atoms in total. The highest BCUT2D eigenvalue weighted by atomic mass is 16.6. The number of pyridine rings is 1. The summed E-state index contributed by atoms with van der Waals surface area (Å²) >= 11 is 0. The van der Waals surface area contributed by atoms with E-state index in [1.54, 1.807) is 6.07 Å². The monoisotopic (exact) mass is 406 g/mol. The van der Waals surface area contributed by atoms with Gasteiger partial charge in [-0.3, -0.25) is 14.6 Å². The van der Waals surface area contributed by atoms with Gasteiger partial charge < -0.3 is 14.8 Å². The third kappa shape index (κ3) is 8.89. The van der Waals surface area contributed by atoms with Gasteiger partial charge in [-0.25, -0.2) is 9.78 Å². The minimum Gasteiger partial charge on any atom is -0.465 e. The lowest BCUT2D eigenvalue weighted by Crippen LogP contribution is -2.39. The van der Waals surface area contributed by atoms with E-state index in [0.717, 1.165) is 45.0 Å². The van der Waals surface area contributed by atoms with Crippen LogP contribution < -0.4 is 5.32 Å². The predicted octanol–water partition coefficient (Wildman–Crippen LogP) is 1.31. The van der Waals surface area contributed by atoms with Crippen LogP contribution in [0.5, 0.6) is 0 Å². The average molecular weight is 407 g/mol. The standard InChI is InChI=1S/C21H34N4O4/c1-5-28-19(26)16-25-12-10-22-9-11-24(13-14-25)15-17-7-6-8-18(23-17)20(27)29-21(2,3)4/h6-8,22H,5,9-16H2,1-4H3. The number of carbonyl (C=O) groups is 2. The van der Waals surface area contributed by atoms with E-state index in [2.05, 4.69) is 20.1 Å². The molecule has 1 fully saturated rings. The van der Waals surface area contributed by atoms with Crippen molar-refractivity contribution in [2.45, 2.75) is 39.8 Å². The number of hydrogen-bond donors (Lipinski definition) is 1. The lowest BCUT2D eigenvalue weighted by atomic mass is 10.2. The Labute approximate surface area is 173 Å². The van der Waals surface area contributed by atoms with E-state index in [1.165, 1.54) is 0 Å². The molecule has 1 aromatic rings. The molecule has 1 aromatic heterocycles. The van der Waals surface area contributed by atoms with Crippen molar-refractivity contribution in [3.05, 3.63) is 29.6 Å². The topological polar surface area (TPSA) is 84.0 Å². The Morgan fingerprint density at radius 1 is 1.10 bits per heavy atom. The van der Waals surface area contributed by atoms with Crippen molar-refractivity contribution >= 4 is 11.9 Å². The molecule has 0 unspecified atom stereocenters. The number of ether oxygens (including phenoxy) is 2. The number of hydrogen-bond acceptors (Lipinski definition) is 8. The van der Waals surface area contributed by atoms with E-state index in [-0.39, 0.29) is 5.97 Å². The van der Waals surface area contributed by atoms with Gasteiger partial charge in [-0.2, -0.15) is 0 Å². The zero-order chi connectivity index (χ0) is 21.3. The fourth-order valence-corrected chi connectivity index (χ4v) is 3.05. The van der Waals surface area contributed by atoms with Crippen molar-refractivity contribution in [2.75, 3.05) is 52.4 Å². The Morgan fingerprint density at radius 2 is 1.79 bits per heavy atom. The normalized spacial score (nSPS) is 17.1. The molecule has 0 radical (unpaired) electrons. The highest BCUT2D eigenvalue weighted by molar-refractivity contribution is 5.87. The van der Waals surface area contributed by atoms with Crippen LogP contribution in [-0.2, 0) is 20.8 Å². The van der Waals surface area contributed by atoms with Crippen LogP contribution in [0, 0.1) is 0 Å². The van der Waals surface area contributed by atoms with E-state index < -0.39 is 11.6 Å². The maximum atomic E-state index is 12.3. The lowest BCUT2D eigenvalue weighted by molar-refractivity contribution is -0.144. The molecule has 0 aliphatic carbocycles. The fourth-order valence-electron chi connectivity index (χ4n) is 3.05. The molecule has 2 rings (SSSR count). The lowest BCUT2D eigenvalue weighted by Gasteiger charge is -2.25. The minimum absolute atomic E-state index is 0.190.